The summed E-state index contributed by atoms with van der Waals surface area (Å²) in [5, 5.41) is 15.8. The predicted octanol–water partition coefficient (Wildman–Crippen LogP) is 1.02. The molecule has 17 heavy (non-hydrogen) atoms. The maximum absolute atomic E-state index is 11.8. The van der Waals surface area contributed by atoms with Crippen molar-refractivity contribution in [1.29, 1.82) is 5.26 Å². The smallest absolute Gasteiger partial charge is 0.240 e. The molecule has 1 atom stereocenters. The Labute approximate surface area is 101 Å². The standard InChI is InChI=1S/C12H18N4O/c1-4-12(2,9-13)11(17)14-6-5-10-7-15-16(3)8-10/h7-8H,4-6H2,1-3H3,(H,14,17). The van der Waals surface area contributed by atoms with Gasteiger partial charge in [0.1, 0.15) is 5.41 Å². The molecular formula is C12H18N4O. The summed E-state index contributed by atoms with van der Waals surface area (Å²) in [6, 6.07) is 2.05. The van der Waals surface area contributed by atoms with Crippen LogP contribution in [0, 0.1) is 16.7 Å². The van der Waals surface area contributed by atoms with Crippen LogP contribution in [0.2, 0.25) is 0 Å². The Balaban J connectivity index is 2.42. The number of hydrogen-bond acceptors (Lipinski definition) is 3. The minimum atomic E-state index is -0.922. The monoisotopic (exact) mass is 234 g/mol. The van der Waals surface area contributed by atoms with E-state index in [0.717, 1.165) is 12.0 Å². The molecule has 0 aliphatic heterocycles. The number of nitrogens with zero attached hydrogens (tertiary/aromatic N) is 3. The first-order chi connectivity index (χ1) is 8.01. The molecule has 1 heterocycles. The number of aryl methyl sites for hydroxylation is 1. The molecule has 0 saturated carbocycles. The fraction of sp³-hybridized carbons (Fsp3) is 0.583. The van der Waals surface area contributed by atoms with Crippen LogP contribution in [0.5, 0.6) is 0 Å². The van der Waals surface area contributed by atoms with Crippen LogP contribution in [0.15, 0.2) is 12.4 Å². The lowest BCUT2D eigenvalue weighted by Crippen LogP contribution is -2.38. The maximum Gasteiger partial charge on any atom is 0.240 e. The number of nitriles is 1. The van der Waals surface area contributed by atoms with E-state index in [-0.39, 0.29) is 5.91 Å². The zero-order valence-electron chi connectivity index (χ0n) is 10.5. The first-order valence-electron chi connectivity index (χ1n) is 5.69. The zero-order chi connectivity index (χ0) is 12.9. The van der Waals surface area contributed by atoms with Gasteiger partial charge in [-0.3, -0.25) is 9.48 Å². The summed E-state index contributed by atoms with van der Waals surface area (Å²) in [6.45, 7) is 4.03. The second kappa shape index (κ2) is 5.48. The van der Waals surface area contributed by atoms with E-state index >= 15 is 0 Å². The minimum Gasteiger partial charge on any atom is -0.354 e. The van der Waals surface area contributed by atoms with E-state index < -0.39 is 5.41 Å². The average molecular weight is 234 g/mol. The molecule has 5 heteroatoms. The molecule has 1 rings (SSSR count). The average Bonchev–Trinajstić information content (AvgIpc) is 2.74. The molecule has 0 fully saturated rings. The largest absolute Gasteiger partial charge is 0.354 e. The van der Waals surface area contributed by atoms with Gasteiger partial charge in [0, 0.05) is 19.8 Å². The van der Waals surface area contributed by atoms with Gasteiger partial charge in [-0.15, -0.1) is 0 Å². The van der Waals surface area contributed by atoms with Crippen molar-refractivity contribution in [2.45, 2.75) is 26.7 Å². The fourth-order valence-corrected chi connectivity index (χ4v) is 1.41. The lowest BCUT2D eigenvalue weighted by Gasteiger charge is -2.18. The molecule has 0 radical (unpaired) electrons. The van der Waals surface area contributed by atoms with Crippen molar-refractivity contribution >= 4 is 5.91 Å². The highest BCUT2D eigenvalue weighted by atomic mass is 16.2. The fourth-order valence-electron chi connectivity index (χ4n) is 1.41. The van der Waals surface area contributed by atoms with Crippen LogP contribution in [-0.4, -0.2) is 22.2 Å². The lowest BCUT2D eigenvalue weighted by atomic mass is 9.88. The van der Waals surface area contributed by atoms with Crippen molar-refractivity contribution < 1.29 is 4.79 Å². The van der Waals surface area contributed by atoms with Crippen LogP contribution < -0.4 is 5.32 Å². The van der Waals surface area contributed by atoms with E-state index in [1.165, 1.54) is 0 Å². The molecule has 1 aromatic heterocycles. The van der Waals surface area contributed by atoms with Crippen molar-refractivity contribution in [1.82, 2.24) is 15.1 Å². The van der Waals surface area contributed by atoms with Crippen molar-refractivity contribution in [2.75, 3.05) is 6.54 Å². The lowest BCUT2D eigenvalue weighted by molar-refractivity contribution is -0.127. The molecule has 0 bridgehead atoms. The third-order valence-corrected chi connectivity index (χ3v) is 2.91. The Kier molecular flexibility index (Phi) is 4.27. The number of aromatic nitrogens is 2. The van der Waals surface area contributed by atoms with Gasteiger partial charge in [0.05, 0.1) is 12.3 Å². The van der Waals surface area contributed by atoms with Gasteiger partial charge in [-0.1, -0.05) is 6.92 Å². The zero-order valence-corrected chi connectivity index (χ0v) is 10.5. The van der Waals surface area contributed by atoms with Crippen LogP contribution in [0.1, 0.15) is 25.8 Å². The number of carbonyl (C=O) groups excluding carboxylic acids is 1. The molecule has 1 unspecified atom stereocenters. The molecule has 1 aromatic rings. The molecule has 1 N–H and O–H groups in total. The van der Waals surface area contributed by atoms with Crippen molar-refractivity contribution in [3.8, 4) is 6.07 Å². The van der Waals surface area contributed by atoms with E-state index in [0.29, 0.717) is 13.0 Å². The molecule has 0 aliphatic carbocycles. The van der Waals surface area contributed by atoms with Crippen molar-refractivity contribution in [2.24, 2.45) is 12.5 Å². The van der Waals surface area contributed by atoms with Gasteiger partial charge in [-0.2, -0.15) is 10.4 Å². The second-order valence-electron chi connectivity index (χ2n) is 4.33. The molecule has 0 saturated heterocycles. The third kappa shape index (κ3) is 3.31. The predicted molar refractivity (Wildman–Crippen MR) is 63.9 cm³/mol. The molecule has 0 spiro atoms. The van der Waals surface area contributed by atoms with Crippen molar-refractivity contribution in [3.05, 3.63) is 18.0 Å². The SMILES string of the molecule is CCC(C)(C#N)C(=O)NCCc1cnn(C)c1. The Bertz CT molecular complexity index is 432. The van der Waals surface area contributed by atoms with Gasteiger partial charge >= 0.3 is 0 Å². The van der Waals surface area contributed by atoms with E-state index in [2.05, 4.69) is 16.5 Å². The summed E-state index contributed by atoms with van der Waals surface area (Å²) in [5.74, 6) is -0.202. The van der Waals surface area contributed by atoms with Crippen LogP contribution in [0.25, 0.3) is 0 Å². The first kappa shape index (κ1) is 13.2. The quantitative estimate of drug-likeness (QED) is 0.826. The number of amides is 1. The Morgan fingerprint density at radius 1 is 1.71 bits per heavy atom. The highest BCUT2D eigenvalue weighted by Gasteiger charge is 2.30. The number of rotatable bonds is 5. The topological polar surface area (TPSA) is 70.7 Å². The second-order valence-corrected chi connectivity index (χ2v) is 4.33. The van der Waals surface area contributed by atoms with Crippen molar-refractivity contribution in [3.63, 3.8) is 0 Å². The summed E-state index contributed by atoms with van der Waals surface area (Å²) in [6.07, 6.45) is 4.93. The highest BCUT2D eigenvalue weighted by molar-refractivity contribution is 5.84. The van der Waals surface area contributed by atoms with Crippen LogP contribution in [0.4, 0.5) is 0 Å². The van der Waals surface area contributed by atoms with E-state index in [4.69, 9.17) is 5.26 Å². The molecule has 0 aliphatic rings. The normalized spacial score (nSPS) is 13.8. The van der Waals surface area contributed by atoms with E-state index in [1.54, 1.807) is 17.8 Å². The van der Waals surface area contributed by atoms with E-state index in [9.17, 15) is 4.79 Å². The summed E-state index contributed by atoms with van der Waals surface area (Å²) in [5.41, 5.74) is 0.150. The molecule has 92 valence electrons. The summed E-state index contributed by atoms with van der Waals surface area (Å²) >= 11 is 0. The number of nitrogens with one attached hydrogen (secondary N) is 1. The third-order valence-electron chi connectivity index (χ3n) is 2.91. The summed E-state index contributed by atoms with van der Waals surface area (Å²) < 4.78 is 1.72. The number of hydrogen-bond donors (Lipinski definition) is 1. The first-order valence-corrected chi connectivity index (χ1v) is 5.69. The summed E-state index contributed by atoms with van der Waals surface area (Å²) in [4.78, 5) is 11.8. The number of carbonyl (C=O) groups is 1. The van der Waals surface area contributed by atoms with Gasteiger partial charge in [0.25, 0.3) is 0 Å². The Morgan fingerprint density at radius 2 is 2.41 bits per heavy atom. The maximum atomic E-state index is 11.8. The molecule has 1 amide bonds. The van der Waals surface area contributed by atoms with Gasteiger partial charge in [-0.25, -0.2) is 0 Å². The molecular weight excluding hydrogens is 216 g/mol. The van der Waals surface area contributed by atoms with Gasteiger partial charge < -0.3 is 5.32 Å². The molecule has 5 nitrogen and oxygen atoms in total. The van der Waals surface area contributed by atoms with Crippen LogP contribution in [-0.2, 0) is 18.3 Å². The Hall–Kier alpha value is -1.83. The van der Waals surface area contributed by atoms with Gasteiger partial charge in [0.2, 0.25) is 5.91 Å². The van der Waals surface area contributed by atoms with Crippen LogP contribution >= 0.6 is 0 Å². The van der Waals surface area contributed by atoms with Crippen LogP contribution in [0.3, 0.4) is 0 Å². The van der Waals surface area contributed by atoms with Gasteiger partial charge in [0.15, 0.2) is 0 Å². The highest BCUT2D eigenvalue weighted by Crippen LogP contribution is 2.19. The minimum absolute atomic E-state index is 0.202. The van der Waals surface area contributed by atoms with E-state index in [1.807, 2.05) is 20.2 Å². The Morgan fingerprint density at radius 3 is 2.88 bits per heavy atom. The molecule has 0 aromatic carbocycles. The van der Waals surface area contributed by atoms with Gasteiger partial charge in [-0.05, 0) is 25.3 Å². The summed E-state index contributed by atoms with van der Waals surface area (Å²) in [7, 11) is 1.85.